The number of pyridine rings is 1. The molecule has 2 aromatic rings. The smallest absolute Gasteiger partial charge is 0.270 e. The SMILES string of the molecule is CN=Cc1cc(C#N)c(=O)n(Cc2ccccc2SC)c1N. The number of hydrogen-bond donors (Lipinski definition) is 1. The van der Waals surface area contributed by atoms with Crippen LogP contribution < -0.4 is 11.3 Å². The van der Waals surface area contributed by atoms with Crippen molar-refractivity contribution in [1.82, 2.24) is 4.57 Å². The van der Waals surface area contributed by atoms with Crippen LogP contribution in [0.2, 0.25) is 0 Å². The van der Waals surface area contributed by atoms with E-state index in [2.05, 4.69) is 4.99 Å². The van der Waals surface area contributed by atoms with Gasteiger partial charge in [-0.2, -0.15) is 5.26 Å². The average molecular weight is 312 g/mol. The quantitative estimate of drug-likeness (QED) is 0.692. The third-order valence-electron chi connectivity index (χ3n) is 3.27. The van der Waals surface area contributed by atoms with Crippen LogP contribution in [0.15, 0.2) is 45.0 Å². The molecule has 0 amide bonds. The zero-order valence-electron chi connectivity index (χ0n) is 12.4. The van der Waals surface area contributed by atoms with Gasteiger partial charge in [0, 0.05) is 23.7 Å². The van der Waals surface area contributed by atoms with E-state index < -0.39 is 0 Å². The summed E-state index contributed by atoms with van der Waals surface area (Å²) in [7, 11) is 1.62. The first kappa shape index (κ1) is 15.9. The molecule has 2 N–H and O–H groups in total. The van der Waals surface area contributed by atoms with Crippen molar-refractivity contribution in [2.75, 3.05) is 19.0 Å². The van der Waals surface area contributed by atoms with Crippen molar-refractivity contribution in [1.29, 1.82) is 5.26 Å². The molecule has 22 heavy (non-hydrogen) atoms. The zero-order chi connectivity index (χ0) is 16.1. The Morgan fingerprint density at radius 3 is 2.82 bits per heavy atom. The van der Waals surface area contributed by atoms with E-state index in [0.29, 0.717) is 17.9 Å². The summed E-state index contributed by atoms with van der Waals surface area (Å²) in [4.78, 5) is 17.4. The van der Waals surface area contributed by atoms with Gasteiger partial charge in [0.15, 0.2) is 0 Å². The molecule has 0 radical (unpaired) electrons. The molecule has 0 aliphatic carbocycles. The Hall–Kier alpha value is -2.52. The lowest BCUT2D eigenvalue weighted by atomic mass is 10.1. The van der Waals surface area contributed by atoms with Gasteiger partial charge in [-0.25, -0.2) is 0 Å². The van der Waals surface area contributed by atoms with Crippen molar-refractivity contribution < 1.29 is 0 Å². The molecule has 112 valence electrons. The Kier molecular flexibility index (Phi) is 5.02. The van der Waals surface area contributed by atoms with Crippen molar-refractivity contribution in [2.24, 2.45) is 4.99 Å². The molecule has 0 saturated carbocycles. The van der Waals surface area contributed by atoms with Crippen LogP contribution in [0, 0.1) is 11.3 Å². The second-order valence-corrected chi connectivity index (χ2v) is 5.45. The third kappa shape index (κ3) is 3.05. The van der Waals surface area contributed by atoms with Crippen LogP contribution in [0.4, 0.5) is 5.82 Å². The van der Waals surface area contributed by atoms with Gasteiger partial charge in [0.25, 0.3) is 5.56 Å². The fourth-order valence-corrected chi connectivity index (χ4v) is 2.79. The van der Waals surface area contributed by atoms with E-state index in [-0.39, 0.29) is 11.1 Å². The van der Waals surface area contributed by atoms with Crippen LogP contribution in [-0.2, 0) is 6.54 Å². The summed E-state index contributed by atoms with van der Waals surface area (Å²) in [5, 5.41) is 9.14. The van der Waals surface area contributed by atoms with Gasteiger partial charge in [0.2, 0.25) is 0 Å². The van der Waals surface area contributed by atoms with Crippen LogP contribution in [-0.4, -0.2) is 24.1 Å². The van der Waals surface area contributed by atoms with E-state index in [4.69, 9.17) is 11.0 Å². The average Bonchev–Trinajstić information content (AvgIpc) is 2.54. The highest BCUT2D eigenvalue weighted by atomic mass is 32.2. The molecule has 1 aromatic heterocycles. The van der Waals surface area contributed by atoms with Crippen molar-refractivity contribution in [3.05, 3.63) is 57.4 Å². The predicted octanol–water partition coefficient (Wildman–Crippen LogP) is 2.12. The summed E-state index contributed by atoms with van der Waals surface area (Å²) in [5.41, 5.74) is 7.32. The number of rotatable bonds is 4. The molecule has 0 saturated heterocycles. The number of anilines is 1. The van der Waals surface area contributed by atoms with Gasteiger partial charge in [-0.3, -0.25) is 14.4 Å². The molecular formula is C16H16N4OS. The maximum atomic E-state index is 12.4. The highest BCUT2D eigenvalue weighted by molar-refractivity contribution is 7.98. The molecule has 0 atom stereocenters. The lowest BCUT2D eigenvalue weighted by Crippen LogP contribution is -2.27. The molecule has 5 nitrogen and oxygen atoms in total. The van der Waals surface area contributed by atoms with Gasteiger partial charge in [0.1, 0.15) is 17.5 Å². The van der Waals surface area contributed by atoms with Crippen LogP contribution in [0.25, 0.3) is 0 Å². The largest absolute Gasteiger partial charge is 0.384 e. The zero-order valence-corrected chi connectivity index (χ0v) is 13.2. The van der Waals surface area contributed by atoms with Gasteiger partial charge < -0.3 is 5.73 Å². The number of thioether (sulfide) groups is 1. The molecule has 2 rings (SSSR count). The molecular weight excluding hydrogens is 296 g/mol. The summed E-state index contributed by atoms with van der Waals surface area (Å²) in [6.07, 6.45) is 3.53. The van der Waals surface area contributed by atoms with E-state index >= 15 is 0 Å². The summed E-state index contributed by atoms with van der Waals surface area (Å²) in [5.74, 6) is 0.311. The van der Waals surface area contributed by atoms with Crippen molar-refractivity contribution in [3.63, 3.8) is 0 Å². The van der Waals surface area contributed by atoms with Crippen molar-refractivity contribution >= 4 is 23.8 Å². The first-order chi connectivity index (χ1) is 10.6. The minimum Gasteiger partial charge on any atom is -0.384 e. The number of nitrogens with two attached hydrogens (primary N) is 1. The summed E-state index contributed by atoms with van der Waals surface area (Å²) >= 11 is 1.60. The highest BCUT2D eigenvalue weighted by Gasteiger charge is 2.13. The standard InChI is InChI=1S/C16H16N4OS/c1-19-9-13-7-12(8-17)16(21)20(15(13)18)10-11-5-3-4-6-14(11)22-2/h3-7,9H,10,18H2,1-2H3. The van der Waals surface area contributed by atoms with E-state index in [0.717, 1.165) is 10.5 Å². The first-order valence-corrected chi connectivity index (χ1v) is 7.82. The van der Waals surface area contributed by atoms with Gasteiger partial charge in [-0.1, -0.05) is 18.2 Å². The van der Waals surface area contributed by atoms with Crippen molar-refractivity contribution in [3.8, 4) is 6.07 Å². The molecule has 0 aliphatic heterocycles. The monoisotopic (exact) mass is 312 g/mol. The molecule has 1 heterocycles. The van der Waals surface area contributed by atoms with E-state index in [9.17, 15) is 4.79 Å². The van der Waals surface area contributed by atoms with Gasteiger partial charge in [-0.05, 0) is 24.0 Å². The second kappa shape index (κ2) is 6.96. The number of nitriles is 1. The van der Waals surface area contributed by atoms with Crippen LogP contribution in [0.1, 0.15) is 16.7 Å². The summed E-state index contributed by atoms with van der Waals surface area (Å²) in [6, 6.07) is 11.2. The lowest BCUT2D eigenvalue weighted by Gasteiger charge is -2.14. The van der Waals surface area contributed by atoms with Crippen LogP contribution in [0.3, 0.4) is 0 Å². The van der Waals surface area contributed by atoms with E-state index in [1.165, 1.54) is 10.6 Å². The molecule has 0 spiro atoms. The maximum Gasteiger partial charge on any atom is 0.270 e. The lowest BCUT2D eigenvalue weighted by molar-refractivity contribution is 0.757. The molecule has 1 aromatic carbocycles. The molecule has 0 unspecified atom stereocenters. The van der Waals surface area contributed by atoms with Gasteiger partial charge >= 0.3 is 0 Å². The number of nitrogen functional groups attached to an aromatic ring is 1. The Bertz CT molecular complexity index is 818. The van der Waals surface area contributed by atoms with E-state index in [1.807, 2.05) is 36.6 Å². The summed E-state index contributed by atoms with van der Waals surface area (Å²) < 4.78 is 1.42. The number of benzene rings is 1. The van der Waals surface area contributed by atoms with E-state index in [1.54, 1.807) is 25.0 Å². The Balaban J connectivity index is 2.62. The maximum absolute atomic E-state index is 12.4. The first-order valence-electron chi connectivity index (χ1n) is 6.59. The third-order valence-corrected chi connectivity index (χ3v) is 4.11. The summed E-state index contributed by atoms with van der Waals surface area (Å²) in [6.45, 7) is 0.321. The molecule has 0 bridgehead atoms. The number of nitrogens with zero attached hydrogens (tertiary/aromatic N) is 3. The molecule has 0 aliphatic rings. The second-order valence-electron chi connectivity index (χ2n) is 4.60. The van der Waals surface area contributed by atoms with Crippen LogP contribution >= 0.6 is 11.8 Å². The minimum absolute atomic E-state index is 0.0609. The fraction of sp³-hybridized carbons (Fsp3) is 0.188. The Labute approximate surface area is 133 Å². The van der Waals surface area contributed by atoms with Gasteiger partial charge in [0.05, 0.1) is 6.54 Å². The van der Waals surface area contributed by atoms with Crippen LogP contribution in [0.5, 0.6) is 0 Å². The predicted molar refractivity (Wildman–Crippen MR) is 90.7 cm³/mol. The minimum atomic E-state index is -0.385. The normalized spacial score (nSPS) is 10.8. The molecule has 0 fully saturated rings. The number of aliphatic imine (C=N–C) groups is 1. The Morgan fingerprint density at radius 1 is 1.45 bits per heavy atom. The molecule has 6 heteroatoms. The fourth-order valence-electron chi connectivity index (χ4n) is 2.19. The highest BCUT2D eigenvalue weighted by Crippen LogP contribution is 2.21. The number of aromatic nitrogens is 1. The van der Waals surface area contributed by atoms with Crippen molar-refractivity contribution in [2.45, 2.75) is 11.4 Å². The Morgan fingerprint density at radius 2 is 2.18 bits per heavy atom. The number of hydrogen-bond acceptors (Lipinski definition) is 5. The topological polar surface area (TPSA) is 84.2 Å². The van der Waals surface area contributed by atoms with Gasteiger partial charge in [-0.15, -0.1) is 11.8 Å².